The molecule has 0 saturated heterocycles. The Morgan fingerprint density at radius 1 is 1.16 bits per heavy atom. The second-order valence-electron chi connectivity index (χ2n) is 4.14. The first kappa shape index (κ1) is 15.7. The van der Waals surface area contributed by atoms with Gasteiger partial charge in [0.05, 0.1) is 19.8 Å². The van der Waals surface area contributed by atoms with Crippen LogP contribution in [-0.4, -0.2) is 60.9 Å². The first-order chi connectivity index (χ1) is 9.15. The molecule has 0 spiro atoms. The minimum atomic E-state index is -0.813. The summed E-state index contributed by atoms with van der Waals surface area (Å²) < 4.78 is 10.5. The molecule has 19 heavy (non-hydrogen) atoms. The van der Waals surface area contributed by atoms with Crippen molar-refractivity contribution in [3.05, 3.63) is 24.3 Å². The van der Waals surface area contributed by atoms with E-state index < -0.39 is 12.2 Å². The summed E-state index contributed by atoms with van der Waals surface area (Å²) in [4.78, 5) is 0. The number of methoxy groups -OCH3 is 1. The number of ether oxygens (including phenoxy) is 2. The van der Waals surface area contributed by atoms with Crippen LogP contribution in [0.15, 0.2) is 24.3 Å². The van der Waals surface area contributed by atoms with E-state index in [1.165, 1.54) is 0 Å². The SMILES string of the molecule is COc1cccc(OCC(O)CNCC(O)CO)c1. The summed E-state index contributed by atoms with van der Waals surface area (Å²) >= 11 is 0. The maximum absolute atomic E-state index is 9.66. The highest BCUT2D eigenvalue weighted by atomic mass is 16.5. The van der Waals surface area contributed by atoms with Gasteiger partial charge in [0.2, 0.25) is 0 Å². The van der Waals surface area contributed by atoms with Gasteiger partial charge in [-0.3, -0.25) is 0 Å². The molecule has 0 saturated carbocycles. The second-order valence-corrected chi connectivity index (χ2v) is 4.14. The number of hydrogen-bond acceptors (Lipinski definition) is 6. The van der Waals surface area contributed by atoms with E-state index in [0.29, 0.717) is 11.5 Å². The Balaban J connectivity index is 2.23. The predicted molar refractivity (Wildman–Crippen MR) is 70.5 cm³/mol. The molecule has 0 radical (unpaired) electrons. The molecule has 0 aliphatic heterocycles. The fourth-order valence-electron chi connectivity index (χ4n) is 1.42. The molecule has 1 aromatic rings. The highest BCUT2D eigenvalue weighted by Gasteiger charge is 2.07. The van der Waals surface area contributed by atoms with Crippen LogP contribution in [0.2, 0.25) is 0 Å². The highest BCUT2D eigenvalue weighted by molar-refractivity contribution is 5.32. The molecule has 6 nitrogen and oxygen atoms in total. The van der Waals surface area contributed by atoms with Crippen molar-refractivity contribution in [3.8, 4) is 11.5 Å². The van der Waals surface area contributed by atoms with Crippen molar-refractivity contribution >= 4 is 0 Å². The largest absolute Gasteiger partial charge is 0.497 e. The minimum Gasteiger partial charge on any atom is -0.497 e. The van der Waals surface area contributed by atoms with E-state index in [-0.39, 0.29) is 26.3 Å². The van der Waals surface area contributed by atoms with Gasteiger partial charge in [-0.25, -0.2) is 0 Å². The van der Waals surface area contributed by atoms with Crippen molar-refractivity contribution in [2.75, 3.05) is 33.4 Å². The molecule has 1 rings (SSSR count). The van der Waals surface area contributed by atoms with Crippen LogP contribution in [0.1, 0.15) is 0 Å². The Morgan fingerprint density at radius 3 is 2.53 bits per heavy atom. The summed E-state index contributed by atoms with van der Waals surface area (Å²) in [5.41, 5.74) is 0. The van der Waals surface area contributed by atoms with Crippen LogP contribution in [-0.2, 0) is 0 Å². The average molecular weight is 271 g/mol. The van der Waals surface area contributed by atoms with Crippen molar-refractivity contribution in [2.45, 2.75) is 12.2 Å². The van der Waals surface area contributed by atoms with Gasteiger partial charge in [-0.15, -0.1) is 0 Å². The molecule has 1 aromatic carbocycles. The smallest absolute Gasteiger partial charge is 0.123 e. The summed E-state index contributed by atoms with van der Waals surface area (Å²) in [7, 11) is 1.57. The van der Waals surface area contributed by atoms with E-state index in [2.05, 4.69) is 5.32 Å². The van der Waals surface area contributed by atoms with Gasteiger partial charge in [0.1, 0.15) is 24.2 Å². The summed E-state index contributed by atoms with van der Waals surface area (Å²) in [6.45, 7) is 0.340. The van der Waals surface area contributed by atoms with E-state index in [9.17, 15) is 5.11 Å². The molecule has 2 atom stereocenters. The summed E-state index contributed by atoms with van der Waals surface area (Å²) in [5, 5.41) is 30.2. The topological polar surface area (TPSA) is 91.2 Å². The van der Waals surface area contributed by atoms with E-state index in [1.54, 1.807) is 31.4 Å². The number of aliphatic hydroxyl groups excluding tert-OH is 3. The Hall–Kier alpha value is -1.34. The van der Waals surface area contributed by atoms with Crippen LogP contribution in [0.3, 0.4) is 0 Å². The maximum Gasteiger partial charge on any atom is 0.123 e. The Kier molecular flexibility index (Phi) is 7.20. The zero-order valence-corrected chi connectivity index (χ0v) is 11.0. The number of nitrogens with one attached hydrogen (secondary N) is 1. The molecule has 2 unspecified atom stereocenters. The molecular formula is C13H21NO5. The van der Waals surface area contributed by atoms with Crippen LogP contribution < -0.4 is 14.8 Å². The van der Waals surface area contributed by atoms with E-state index >= 15 is 0 Å². The minimum absolute atomic E-state index is 0.134. The van der Waals surface area contributed by atoms with Crippen LogP contribution in [0, 0.1) is 0 Å². The van der Waals surface area contributed by atoms with Crippen LogP contribution in [0.25, 0.3) is 0 Å². The number of aliphatic hydroxyl groups is 3. The first-order valence-corrected chi connectivity index (χ1v) is 6.10. The second kappa shape index (κ2) is 8.71. The van der Waals surface area contributed by atoms with Crippen molar-refractivity contribution in [1.29, 1.82) is 0 Å². The van der Waals surface area contributed by atoms with Gasteiger partial charge in [0.15, 0.2) is 0 Å². The third-order valence-corrected chi connectivity index (χ3v) is 2.45. The van der Waals surface area contributed by atoms with Gasteiger partial charge in [0, 0.05) is 19.2 Å². The van der Waals surface area contributed by atoms with Crippen molar-refractivity contribution < 1.29 is 24.8 Å². The Morgan fingerprint density at radius 2 is 1.84 bits per heavy atom. The quantitative estimate of drug-likeness (QED) is 0.478. The van der Waals surface area contributed by atoms with Crippen molar-refractivity contribution in [1.82, 2.24) is 5.32 Å². The lowest BCUT2D eigenvalue weighted by Gasteiger charge is -2.15. The zero-order valence-electron chi connectivity index (χ0n) is 11.0. The fourth-order valence-corrected chi connectivity index (χ4v) is 1.42. The zero-order chi connectivity index (χ0) is 14.1. The van der Waals surface area contributed by atoms with Gasteiger partial charge < -0.3 is 30.1 Å². The van der Waals surface area contributed by atoms with E-state index in [4.69, 9.17) is 19.7 Å². The molecule has 0 bridgehead atoms. The number of rotatable bonds is 9. The van der Waals surface area contributed by atoms with Crippen LogP contribution in [0.4, 0.5) is 0 Å². The monoisotopic (exact) mass is 271 g/mol. The number of hydrogen-bond donors (Lipinski definition) is 4. The molecule has 0 amide bonds. The molecular weight excluding hydrogens is 250 g/mol. The van der Waals surface area contributed by atoms with Gasteiger partial charge in [-0.2, -0.15) is 0 Å². The fraction of sp³-hybridized carbons (Fsp3) is 0.538. The molecule has 0 fully saturated rings. The predicted octanol–water partition coefficient (Wildman–Crippen LogP) is -0.622. The first-order valence-electron chi connectivity index (χ1n) is 6.10. The third kappa shape index (κ3) is 6.40. The lowest BCUT2D eigenvalue weighted by Crippen LogP contribution is -2.37. The molecule has 0 aromatic heterocycles. The summed E-state index contributed by atoms with van der Waals surface area (Å²) in [5.74, 6) is 1.31. The highest BCUT2D eigenvalue weighted by Crippen LogP contribution is 2.18. The third-order valence-electron chi connectivity index (χ3n) is 2.45. The van der Waals surface area contributed by atoms with Gasteiger partial charge >= 0.3 is 0 Å². The molecule has 6 heteroatoms. The normalized spacial score (nSPS) is 13.9. The lowest BCUT2D eigenvalue weighted by molar-refractivity contribution is 0.0794. The molecule has 108 valence electrons. The maximum atomic E-state index is 9.66. The Labute approximate surface area is 112 Å². The average Bonchev–Trinajstić information content (AvgIpc) is 2.45. The molecule has 0 aliphatic rings. The van der Waals surface area contributed by atoms with Gasteiger partial charge in [0.25, 0.3) is 0 Å². The van der Waals surface area contributed by atoms with Crippen molar-refractivity contribution in [2.24, 2.45) is 0 Å². The lowest BCUT2D eigenvalue weighted by atomic mass is 10.3. The van der Waals surface area contributed by atoms with Gasteiger partial charge in [-0.05, 0) is 12.1 Å². The van der Waals surface area contributed by atoms with E-state index in [1.807, 2.05) is 0 Å². The Bertz CT molecular complexity index is 361. The summed E-state index contributed by atoms with van der Waals surface area (Å²) in [6.07, 6.45) is -1.51. The van der Waals surface area contributed by atoms with Gasteiger partial charge in [-0.1, -0.05) is 6.07 Å². The molecule has 4 N–H and O–H groups in total. The standard InChI is InChI=1S/C13H21NO5/c1-18-12-3-2-4-13(5-12)19-9-11(17)7-14-6-10(16)8-15/h2-5,10-11,14-17H,6-9H2,1H3. The molecule has 0 aliphatic carbocycles. The summed E-state index contributed by atoms with van der Waals surface area (Å²) in [6, 6.07) is 7.12. The van der Waals surface area contributed by atoms with Crippen LogP contribution >= 0.6 is 0 Å². The van der Waals surface area contributed by atoms with E-state index in [0.717, 1.165) is 0 Å². The van der Waals surface area contributed by atoms with Crippen molar-refractivity contribution in [3.63, 3.8) is 0 Å². The van der Waals surface area contributed by atoms with Crippen LogP contribution in [0.5, 0.6) is 11.5 Å². The molecule has 0 heterocycles. The number of benzene rings is 1.